The molecule has 1 N–H and O–H groups in total. The number of likely N-dealkylation sites (N-methyl/N-ethyl adjacent to an activating group) is 1. The minimum atomic E-state index is -4.62. The maximum Gasteiger partial charge on any atom is 0.437 e. The maximum atomic E-state index is 13.1. The number of aliphatic carboxylic acids is 1. The molecule has 1 aromatic carbocycles. The predicted octanol–water partition coefficient (Wildman–Crippen LogP) is 4.14. The van der Waals surface area contributed by atoms with E-state index in [1.165, 1.54) is 26.1 Å². The first-order chi connectivity index (χ1) is 14.0. The topological polar surface area (TPSA) is 92.9 Å². The van der Waals surface area contributed by atoms with Gasteiger partial charge >= 0.3 is 12.1 Å². The summed E-state index contributed by atoms with van der Waals surface area (Å²) in [6, 6.07) is 1.76. The number of alkyl halides is 3. The number of carboxylic acids is 1. The van der Waals surface area contributed by atoms with Gasteiger partial charge in [-0.3, -0.25) is 4.79 Å². The van der Waals surface area contributed by atoms with Crippen LogP contribution in [0.4, 0.5) is 13.2 Å². The Morgan fingerprint density at radius 3 is 2.53 bits per heavy atom. The van der Waals surface area contributed by atoms with Crippen molar-refractivity contribution in [3.05, 3.63) is 23.4 Å². The van der Waals surface area contributed by atoms with E-state index in [1.807, 2.05) is 6.92 Å². The number of carboxylic acid groups (broad SMARTS) is 1. The predicted molar refractivity (Wildman–Crippen MR) is 102 cm³/mol. The molecule has 0 aliphatic carbocycles. The van der Waals surface area contributed by atoms with Crippen LogP contribution in [-0.4, -0.2) is 46.7 Å². The highest BCUT2D eigenvalue weighted by Gasteiger charge is 2.37. The fraction of sp³-hybridized carbons (Fsp3) is 0.550. The lowest BCUT2D eigenvalue weighted by Gasteiger charge is -2.25. The number of hydrogen-bond donors (Lipinski definition) is 1. The number of rotatable bonds is 9. The number of benzene rings is 1. The van der Waals surface area contributed by atoms with Gasteiger partial charge in [0.15, 0.2) is 11.3 Å². The molecule has 2 rings (SSSR count). The maximum absolute atomic E-state index is 13.1. The summed E-state index contributed by atoms with van der Waals surface area (Å²) in [6.45, 7) is 5.09. The van der Waals surface area contributed by atoms with Gasteiger partial charge in [-0.25, -0.2) is 4.79 Å². The summed E-state index contributed by atoms with van der Waals surface area (Å²) in [6.07, 6.45) is -3.22. The average molecular weight is 430 g/mol. The zero-order valence-electron chi connectivity index (χ0n) is 17.2. The Morgan fingerprint density at radius 2 is 1.97 bits per heavy atom. The van der Waals surface area contributed by atoms with Gasteiger partial charge in [-0.05, 0) is 31.9 Å². The van der Waals surface area contributed by atoms with Crippen molar-refractivity contribution in [1.82, 2.24) is 10.1 Å². The Morgan fingerprint density at radius 1 is 1.30 bits per heavy atom. The highest BCUT2D eigenvalue weighted by atomic mass is 19.4. The molecule has 2 unspecified atom stereocenters. The Balaban J connectivity index is 2.13. The number of carbonyl (C=O) groups excluding carboxylic acids is 1. The monoisotopic (exact) mass is 430 g/mol. The third-order valence-corrected chi connectivity index (χ3v) is 4.99. The van der Waals surface area contributed by atoms with Crippen molar-refractivity contribution in [2.24, 2.45) is 5.92 Å². The van der Waals surface area contributed by atoms with Crippen molar-refractivity contribution in [2.45, 2.75) is 52.3 Å². The van der Waals surface area contributed by atoms with E-state index in [9.17, 15) is 22.8 Å². The highest BCUT2D eigenvalue weighted by Crippen LogP contribution is 2.38. The summed E-state index contributed by atoms with van der Waals surface area (Å²) in [5.41, 5.74) is -0.536. The van der Waals surface area contributed by atoms with E-state index in [0.717, 1.165) is 4.90 Å². The summed E-state index contributed by atoms with van der Waals surface area (Å²) in [5.74, 6) is -1.54. The van der Waals surface area contributed by atoms with Gasteiger partial charge in [0.05, 0.1) is 12.0 Å². The van der Waals surface area contributed by atoms with E-state index in [4.69, 9.17) is 14.4 Å². The van der Waals surface area contributed by atoms with Crippen LogP contribution in [0, 0.1) is 5.92 Å². The van der Waals surface area contributed by atoms with Crippen LogP contribution in [0.25, 0.3) is 11.0 Å². The summed E-state index contributed by atoms with van der Waals surface area (Å²) < 4.78 is 50.0. The fourth-order valence-corrected chi connectivity index (χ4v) is 3.04. The quantitative estimate of drug-likeness (QED) is 0.643. The van der Waals surface area contributed by atoms with Gasteiger partial charge in [-0.15, -0.1) is 0 Å². The van der Waals surface area contributed by atoms with Gasteiger partial charge in [0, 0.05) is 18.5 Å². The first kappa shape index (κ1) is 23.5. The Hall–Kier alpha value is -2.78. The standard InChI is InChI=1S/C20H25F3N2O5/c1-5-6-13-15(8-7-14-16(13)30-24-17(14)20(21,22)23)29-10-9-11(2)18(26)25(4)12(3)19(27)28/h7-8,11-12H,5-6,9-10H2,1-4H3,(H,27,28). The first-order valence-electron chi connectivity index (χ1n) is 9.59. The number of aryl methyl sites for hydroxylation is 1. The largest absolute Gasteiger partial charge is 0.493 e. The zero-order valence-corrected chi connectivity index (χ0v) is 17.2. The molecular weight excluding hydrogens is 405 g/mol. The molecule has 1 aromatic heterocycles. The van der Waals surface area contributed by atoms with Crippen LogP contribution < -0.4 is 4.74 Å². The van der Waals surface area contributed by atoms with Crippen LogP contribution in [0.3, 0.4) is 0 Å². The van der Waals surface area contributed by atoms with Crippen molar-refractivity contribution in [2.75, 3.05) is 13.7 Å². The molecule has 1 amide bonds. The van der Waals surface area contributed by atoms with E-state index in [-0.39, 0.29) is 23.5 Å². The van der Waals surface area contributed by atoms with E-state index in [1.54, 1.807) is 6.92 Å². The van der Waals surface area contributed by atoms with Crippen molar-refractivity contribution in [3.8, 4) is 5.75 Å². The normalized spacial score (nSPS) is 13.8. The minimum Gasteiger partial charge on any atom is -0.493 e. The number of carbonyl (C=O) groups is 2. The van der Waals surface area contributed by atoms with Crippen LogP contribution in [0.1, 0.15) is 44.9 Å². The third-order valence-electron chi connectivity index (χ3n) is 4.99. The van der Waals surface area contributed by atoms with E-state index >= 15 is 0 Å². The molecule has 10 heteroatoms. The van der Waals surface area contributed by atoms with Gasteiger partial charge < -0.3 is 19.3 Å². The van der Waals surface area contributed by atoms with Gasteiger partial charge in [0.1, 0.15) is 11.8 Å². The fourth-order valence-electron chi connectivity index (χ4n) is 3.04. The van der Waals surface area contributed by atoms with Gasteiger partial charge in [0.2, 0.25) is 5.91 Å². The number of nitrogens with zero attached hydrogens (tertiary/aromatic N) is 2. The van der Waals surface area contributed by atoms with Crippen molar-refractivity contribution < 1.29 is 37.1 Å². The van der Waals surface area contributed by atoms with Gasteiger partial charge in [-0.1, -0.05) is 25.4 Å². The van der Waals surface area contributed by atoms with Gasteiger partial charge in [-0.2, -0.15) is 13.2 Å². The lowest BCUT2D eigenvalue weighted by molar-refractivity contribution is -0.149. The van der Waals surface area contributed by atoms with Crippen LogP contribution >= 0.6 is 0 Å². The average Bonchev–Trinajstić information content (AvgIpc) is 3.12. The smallest absolute Gasteiger partial charge is 0.437 e. The van der Waals surface area contributed by atoms with Crippen molar-refractivity contribution >= 4 is 22.8 Å². The molecule has 166 valence electrons. The first-order valence-corrected chi connectivity index (χ1v) is 9.59. The molecule has 0 aliphatic rings. The summed E-state index contributed by atoms with van der Waals surface area (Å²) >= 11 is 0. The summed E-state index contributed by atoms with van der Waals surface area (Å²) in [4.78, 5) is 24.5. The lowest BCUT2D eigenvalue weighted by atomic mass is 10.0. The second-order valence-electron chi connectivity index (χ2n) is 7.20. The number of aromatic nitrogens is 1. The van der Waals surface area contributed by atoms with Crippen LogP contribution in [0.2, 0.25) is 0 Å². The van der Waals surface area contributed by atoms with Crippen LogP contribution in [0.5, 0.6) is 5.75 Å². The summed E-state index contributed by atoms with van der Waals surface area (Å²) in [5, 5.41) is 12.1. The second-order valence-corrected chi connectivity index (χ2v) is 7.20. The van der Waals surface area contributed by atoms with Crippen molar-refractivity contribution in [3.63, 3.8) is 0 Å². The molecule has 0 spiro atoms. The Bertz CT molecular complexity index is 910. The minimum absolute atomic E-state index is 0.0424. The lowest BCUT2D eigenvalue weighted by Crippen LogP contribution is -2.43. The van der Waals surface area contributed by atoms with Crippen LogP contribution in [0.15, 0.2) is 16.7 Å². The third kappa shape index (κ3) is 5.03. The number of hydrogen-bond acceptors (Lipinski definition) is 5. The molecule has 0 radical (unpaired) electrons. The van der Waals surface area contributed by atoms with Gasteiger partial charge in [0.25, 0.3) is 0 Å². The Kier molecular flexibility index (Phi) is 7.33. The number of ether oxygens (including phenoxy) is 1. The number of halogens is 3. The van der Waals surface area contributed by atoms with Crippen LogP contribution in [-0.2, 0) is 22.2 Å². The zero-order chi connectivity index (χ0) is 22.6. The van der Waals surface area contributed by atoms with E-state index in [0.29, 0.717) is 30.6 Å². The Labute approximate surface area is 171 Å². The molecule has 0 aliphatic heterocycles. The second kappa shape index (κ2) is 9.36. The molecule has 30 heavy (non-hydrogen) atoms. The SMILES string of the molecule is CCCc1c(OCCC(C)C(=O)N(C)C(C)C(=O)O)ccc2c(C(F)(F)F)noc12. The number of amides is 1. The van der Waals surface area contributed by atoms with E-state index < -0.39 is 29.8 Å². The molecule has 0 bridgehead atoms. The molecular formula is C20H25F3N2O5. The molecule has 0 saturated heterocycles. The molecule has 7 nitrogen and oxygen atoms in total. The molecule has 2 atom stereocenters. The molecule has 0 saturated carbocycles. The molecule has 1 heterocycles. The van der Waals surface area contributed by atoms with Crippen molar-refractivity contribution in [1.29, 1.82) is 0 Å². The number of fused-ring (bicyclic) bond motifs is 1. The molecule has 0 fully saturated rings. The highest BCUT2D eigenvalue weighted by molar-refractivity contribution is 5.85. The summed E-state index contributed by atoms with van der Waals surface area (Å²) in [7, 11) is 1.42. The van der Waals surface area contributed by atoms with E-state index in [2.05, 4.69) is 5.16 Å². The molecule has 2 aromatic rings.